The Morgan fingerprint density at radius 3 is 2.38 bits per heavy atom. The van der Waals surface area contributed by atoms with Crippen LogP contribution in [0.2, 0.25) is 0 Å². The maximum Gasteiger partial charge on any atom is 0.310 e. The van der Waals surface area contributed by atoms with Gasteiger partial charge in [-0.15, -0.1) is 0 Å². The van der Waals surface area contributed by atoms with Gasteiger partial charge in [0.1, 0.15) is 11.6 Å². The third kappa shape index (κ3) is 2.05. The highest BCUT2D eigenvalue weighted by atomic mass is 19.1. The second-order valence-corrected chi connectivity index (χ2v) is 3.81. The van der Waals surface area contributed by atoms with E-state index in [9.17, 15) is 13.6 Å². The van der Waals surface area contributed by atoms with Gasteiger partial charge in [0.05, 0.1) is 5.92 Å². The van der Waals surface area contributed by atoms with E-state index in [2.05, 4.69) is 0 Å². The lowest BCUT2D eigenvalue weighted by Crippen LogP contribution is -2.13. The second kappa shape index (κ2) is 4.60. The zero-order valence-electron chi connectivity index (χ0n) is 9.47. The summed E-state index contributed by atoms with van der Waals surface area (Å²) in [7, 11) is 0. The maximum absolute atomic E-state index is 13.6. The number of hydrogen-bond acceptors (Lipinski definition) is 1. The molecule has 0 amide bonds. The molecule has 1 aromatic carbocycles. The monoisotopic (exact) mass is 228 g/mol. The first kappa shape index (κ1) is 12.6. The fourth-order valence-electron chi connectivity index (χ4n) is 1.76. The van der Waals surface area contributed by atoms with E-state index in [4.69, 9.17) is 5.11 Å². The van der Waals surface area contributed by atoms with Crippen LogP contribution in [0.5, 0.6) is 0 Å². The van der Waals surface area contributed by atoms with E-state index >= 15 is 0 Å². The van der Waals surface area contributed by atoms with Gasteiger partial charge in [0.25, 0.3) is 0 Å². The van der Waals surface area contributed by atoms with Crippen LogP contribution >= 0.6 is 0 Å². The van der Waals surface area contributed by atoms with Gasteiger partial charge in [-0.05, 0) is 37.5 Å². The van der Waals surface area contributed by atoms with Crippen molar-refractivity contribution in [3.8, 4) is 0 Å². The summed E-state index contributed by atoms with van der Waals surface area (Å²) in [6.45, 7) is 4.49. The summed E-state index contributed by atoms with van der Waals surface area (Å²) in [5.74, 6) is -3.27. The summed E-state index contributed by atoms with van der Waals surface area (Å²) >= 11 is 0. The van der Waals surface area contributed by atoms with E-state index in [1.165, 1.54) is 13.8 Å². The minimum atomic E-state index is -1.06. The third-order valence-electron chi connectivity index (χ3n) is 2.81. The molecule has 2 nitrogen and oxygen atoms in total. The highest BCUT2D eigenvalue weighted by Gasteiger charge is 2.23. The lowest BCUT2D eigenvalue weighted by Gasteiger charge is -2.15. The van der Waals surface area contributed by atoms with Crippen molar-refractivity contribution >= 4 is 5.97 Å². The van der Waals surface area contributed by atoms with Crippen molar-refractivity contribution in [2.24, 2.45) is 0 Å². The molecular weight excluding hydrogens is 214 g/mol. The van der Waals surface area contributed by atoms with Crippen LogP contribution in [0.3, 0.4) is 0 Å². The molecule has 16 heavy (non-hydrogen) atoms. The molecule has 1 unspecified atom stereocenters. The zero-order chi connectivity index (χ0) is 12.5. The lowest BCUT2D eigenvalue weighted by molar-refractivity contribution is -0.138. The summed E-state index contributed by atoms with van der Waals surface area (Å²) in [6.07, 6.45) is 0.304. The summed E-state index contributed by atoms with van der Waals surface area (Å²) < 4.78 is 26.9. The van der Waals surface area contributed by atoms with Crippen LogP contribution in [0, 0.1) is 25.5 Å². The van der Waals surface area contributed by atoms with E-state index in [0.717, 1.165) is 6.07 Å². The number of aliphatic carboxylic acids is 1. The van der Waals surface area contributed by atoms with Gasteiger partial charge in [0.2, 0.25) is 0 Å². The van der Waals surface area contributed by atoms with Crippen LogP contribution < -0.4 is 0 Å². The summed E-state index contributed by atoms with van der Waals surface area (Å²) in [4.78, 5) is 10.9. The summed E-state index contributed by atoms with van der Waals surface area (Å²) in [5, 5.41) is 8.96. The Kier molecular flexibility index (Phi) is 3.62. The van der Waals surface area contributed by atoms with Crippen molar-refractivity contribution in [3.63, 3.8) is 0 Å². The predicted octanol–water partition coefficient (Wildman–Crippen LogP) is 3.16. The molecule has 1 atom stereocenters. The minimum Gasteiger partial charge on any atom is -0.481 e. The Morgan fingerprint density at radius 2 is 1.94 bits per heavy atom. The molecule has 0 saturated heterocycles. The molecule has 0 aliphatic heterocycles. The average molecular weight is 228 g/mol. The lowest BCUT2D eigenvalue weighted by atomic mass is 9.91. The Hall–Kier alpha value is -1.45. The first-order valence-corrected chi connectivity index (χ1v) is 5.08. The van der Waals surface area contributed by atoms with Gasteiger partial charge in [-0.1, -0.05) is 6.92 Å². The SMILES string of the molecule is CCC(C(=O)O)c1cc(F)c(C)c(F)c1C. The van der Waals surface area contributed by atoms with Crippen LogP contribution in [0.1, 0.15) is 36.0 Å². The number of benzene rings is 1. The predicted molar refractivity (Wildman–Crippen MR) is 56.5 cm³/mol. The number of carboxylic acids is 1. The van der Waals surface area contributed by atoms with Crippen LogP contribution in [0.4, 0.5) is 8.78 Å². The Labute approximate surface area is 92.9 Å². The quantitative estimate of drug-likeness (QED) is 0.862. The Balaban J connectivity index is 3.39. The molecule has 0 aliphatic rings. The number of carboxylic acid groups (broad SMARTS) is 1. The second-order valence-electron chi connectivity index (χ2n) is 3.81. The van der Waals surface area contributed by atoms with E-state index < -0.39 is 23.5 Å². The van der Waals surface area contributed by atoms with Crippen LogP contribution in [0.25, 0.3) is 0 Å². The molecule has 0 bridgehead atoms. The van der Waals surface area contributed by atoms with Crippen LogP contribution in [-0.4, -0.2) is 11.1 Å². The largest absolute Gasteiger partial charge is 0.481 e. The number of carbonyl (C=O) groups is 1. The number of hydrogen-bond donors (Lipinski definition) is 1. The van der Waals surface area contributed by atoms with Gasteiger partial charge in [-0.3, -0.25) is 4.79 Å². The molecule has 88 valence electrons. The standard InChI is InChI=1S/C12H14F2O2/c1-4-8(12(15)16)9-5-10(13)7(3)11(14)6(9)2/h5,8H,4H2,1-3H3,(H,15,16). The highest BCUT2D eigenvalue weighted by Crippen LogP contribution is 2.28. The Bertz CT molecular complexity index is 428. The van der Waals surface area contributed by atoms with E-state index in [0.29, 0.717) is 6.42 Å². The minimum absolute atomic E-state index is 0.0681. The van der Waals surface area contributed by atoms with Gasteiger partial charge >= 0.3 is 5.97 Å². The van der Waals surface area contributed by atoms with Crippen LogP contribution in [0.15, 0.2) is 6.07 Å². The molecule has 0 radical (unpaired) electrons. The van der Waals surface area contributed by atoms with Gasteiger partial charge < -0.3 is 5.11 Å². The van der Waals surface area contributed by atoms with Crippen molar-refractivity contribution in [2.75, 3.05) is 0 Å². The molecule has 0 spiro atoms. The Morgan fingerprint density at radius 1 is 1.38 bits per heavy atom. The zero-order valence-corrected chi connectivity index (χ0v) is 9.47. The van der Waals surface area contributed by atoms with Crippen LogP contribution in [-0.2, 0) is 4.79 Å². The first-order chi connectivity index (χ1) is 7.40. The van der Waals surface area contributed by atoms with Gasteiger partial charge in [-0.25, -0.2) is 8.78 Å². The number of rotatable bonds is 3. The smallest absolute Gasteiger partial charge is 0.310 e. The molecule has 0 fully saturated rings. The molecular formula is C12H14F2O2. The number of halogens is 2. The summed E-state index contributed by atoms with van der Waals surface area (Å²) in [5.41, 5.74) is 0.366. The third-order valence-corrected chi connectivity index (χ3v) is 2.81. The molecule has 0 aromatic heterocycles. The van der Waals surface area contributed by atoms with Gasteiger partial charge in [-0.2, -0.15) is 0 Å². The van der Waals surface area contributed by atoms with Crippen molar-refractivity contribution in [3.05, 3.63) is 34.4 Å². The molecule has 4 heteroatoms. The molecule has 1 N–H and O–H groups in total. The van der Waals surface area contributed by atoms with E-state index in [1.54, 1.807) is 6.92 Å². The van der Waals surface area contributed by atoms with Crippen molar-refractivity contribution in [1.82, 2.24) is 0 Å². The average Bonchev–Trinajstić information content (AvgIpc) is 2.23. The highest BCUT2D eigenvalue weighted by molar-refractivity contribution is 5.76. The fraction of sp³-hybridized carbons (Fsp3) is 0.417. The van der Waals surface area contributed by atoms with Crippen molar-refractivity contribution in [1.29, 1.82) is 0 Å². The molecule has 0 aliphatic carbocycles. The van der Waals surface area contributed by atoms with Crippen molar-refractivity contribution < 1.29 is 18.7 Å². The first-order valence-electron chi connectivity index (χ1n) is 5.08. The van der Waals surface area contributed by atoms with E-state index in [-0.39, 0.29) is 16.7 Å². The van der Waals surface area contributed by atoms with Gasteiger partial charge in [0, 0.05) is 5.56 Å². The molecule has 1 rings (SSSR count). The molecule has 1 aromatic rings. The fourth-order valence-corrected chi connectivity index (χ4v) is 1.76. The maximum atomic E-state index is 13.6. The van der Waals surface area contributed by atoms with E-state index in [1.807, 2.05) is 0 Å². The molecule has 0 saturated carbocycles. The normalized spacial score (nSPS) is 12.6. The molecule has 0 heterocycles. The topological polar surface area (TPSA) is 37.3 Å². The van der Waals surface area contributed by atoms with Crippen molar-refractivity contribution in [2.45, 2.75) is 33.1 Å². The van der Waals surface area contributed by atoms with Gasteiger partial charge in [0.15, 0.2) is 0 Å². The summed E-state index contributed by atoms with van der Waals surface area (Å²) in [6, 6.07) is 1.12.